The van der Waals surface area contributed by atoms with Crippen LogP contribution in [-0.4, -0.2) is 13.4 Å². The summed E-state index contributed by atoms with van der Waals surface area (Å²) in [6, 6.07) is 3.46. The first-order valence-electron chi connectivity index (χ1n) is 5.50. The van der Waals surface area contributed by atoms with E-state index < -0.39 is 10.0 Å². The van der Waals surface area contributed by atoms with Crippen molar-refractivity contribution in [1.29, 1.82) is 0 Å². The molecule has 7 heteroatoms. The van der Waals surface area contributed by atoms with E-state index in [0.717, 1.165) is 11.3 Å². The zero-order valence-electron chi connectivity index (χ0n) is 10.1. The second kappa shape index (κ2) is 5.21. The van der Waals surface area contributed by atoms with E-state index in [-0.39, 0.29) is 6.54 Å². The van der Waals surface area contributed by atoms with Gasteiger partial charge in [0.25, 0.3) is 0 Å². The molecule has 0 aliphatic carbocycles. The molecule has 18 heavy (non-hydrogen) atoms. The maximum Gasteiger partial charge on any atom is 0.250 e. The molecule has 0 spiro atoms. The van der Waals surface area contributed by atoms with Crippen LogP contribution in [0.3, 0.4) is 0 Å². The minimum atomic E-state index is -3.45. The van der Waals surface area contributed by atoms with Gasteiger partial charge in [0.2, 0.25) is 10.0 Å². The van der Waals surface area contributed by atoms with Crippen molar-refractivity contribution in [3.8, 4) is 0 Å². The van der Waals surface area contributed by atoms with Crippen LogP contribution in [0.15, 0.2) is 27.0 Å². The number of sulfonamides is 1. The lowest BCUT2D eigenvalue weighted by molar-refractivity contribution is 0.520. The van der Waals surface area contributed by atoms with Crippen LogP contribution in [0.1, 0.15) is 23.4 Å². The number of thiophene rings is 1. The van der Waals surface area contributed by atoms with Gasteiger partial charge in [-0.2, -0.15) is 0 Å². The Labute approximate surface area is 110 Å². The molecule has 0 bridgehead atoms. The van der Waals surface area contributed by atoms with Crippen LogP contribution >= 0.6 is 11.3 Å². The number of oxazole rings is 1. The second-order valence-electron chi connectivity index (χ2n) is 3.76. The number of nitrogens with zero attached hydrogens (tertiary/aromatic N) is 1. The average Bonchev–Trinajstić information content (AvgIpc) is 2.95. The molecule has 0 aliphatic rings. The highest BCUT2D eigenvalue weighted by molar-refractivity contribution is 7.91. The van der Waals surface area contributed by atoms with Crippen molar-refractivity contribution in [1.82, 2.24) is 9.71 Å². The van der Waals surface area contributed by atoms with Crippen LogP contribution < -0.4 is 4.72 Å². The molecular weight excluding hydrogens is 272 g/mol. The van der Waals surface area contributed by atoms with Gasteiger partial charge in [-0.25, -0.2) is 18.1 Å². The third-order valence-electron chi connectivity index (χ3n) is 2.36. The van der Waals surface area contributed by atoms with Crippen LogP contribution in [0.25, 0.3) is 0 Å². The summed E-state index contributed by atoms with van der Waals surface area (Å²) in [6.07, 6.45) is 2.28. The molecular formula is C11H14N2O3S2. The average molecular weight is 286 g/mol. The predicted octanol–water partition coefficient (Wildman–Crippen LogP) is 2.09. The number of hydrogen-bond acceptors (Lipinski definition) is 5. The summed E-state index contributed by atoms with van der Waals surface area (Å²) in [5, 5.41) is 0. The topological polar surface area (TPSA) is 72.2 Å². The normalized spacial score (nSPS) is 11.9. The van der Waals surface area contributed by atoms with Crippen molar-refractivity contribution in [2.45, 2.75) is 31.0 Å². The van der Waals surface area contributed by atoms with Gasteiger partial charge in [0.05, 0.1) is 12.2 Å². The first-order chi connectivity index (χ1) is 8.51. The maximum absolute atomic E-state index is 12.0. The van der Waals surface area contributed by atoms with Gasteiger partial charge >= 0.3 is 0 Å². The molecule has 0 aromatic carbocycles. The van der Waals surface area contributed by atoms with Crippen molar-refractivity contribution < 1.29 is 12.8 Å². The van der Waals surface area contributed by atoms with Gasteiger partial charge in [-0.05, 0) is 18.6 Å². The monoisotopic (exact) mass is 286 g/mol. The summed E-state index contributed by atoms with van der Waals surface area (Å²) in [5.74, 6) is 0.522. The summed E-state index contributed by atoms with van der Waals surface area (Å²) in [5.41, 5.74) is 0.573. The van der Waals surface area contributed by atoms with Gasteiger partial charge in [0.15, 0.2) is 5.89 Å². The van der Waals surface area contributed by atoms with E-state index in [1.807, 2.05) is 13.0 Å². The number of nitrogens with one attached hydrogen (secondary N) is 1. The van der Waals surface area contributed by atoms with Gasteiger partial charge in [-0.15, -0.1) is 11.3 Å². The van der Waals surface area contributed by atoms with Crippen molar-refractivity contribution in [2.24, 2.45) is 0 Å². The van der Waals surface area contributed by atoms with Crippen LogP contribution in [-0.2, 0) is 23.0 Å². The molecule has 2 aromatic heterocycles. The third-order valence-corrected chi connectivity index (χ3v) is 5.48. The Bertz CT molecular complexity index is 628. The zero-order valence-corrected chi connectivity index (χ0v) is 11.8. The van der Waals surface area contributed by atoms with Gasteiger partial charge < -0.3 is 4.42 Å². The Morgan fingerprint density at radius 2 is 2.22 bits per heavy atom. The summed E-state index contributed by atoms with van der Waals surface area (Å²) in [6.45, 7) is 3.84. The van der Waals surface area contributed by atoms with Crippen molar-refractivity contribution in [3.05, 3.63) is 34.9 Å². The molecule has 0 saturated carbocycles. The van der Waals surface area contributed by atoms with Crippen LogP contribution in [0.5, 0.6) is 0 Å². The summed E-state index contributed by atoms with van der Waals surface area (Å²) in [4.78, 5) is 5.09. The van der Waals surface area contributed by atoms with Crippen molar-refractivity contribution >= 4 is 21.4 Å². The zero-order chi connectivity index (χ0) is 13.2. The van der Waals surface area contributed by atoms with E-state index in [0.29, 0.717) is 15.8 Å². The fourth-order valence-corrected chi connectivity index (χ4v) is 3.76. The molecule has 0 aliphatic heterocycles. The van der Waals surface area contributed by atoms with Gasteiger partial charge in [-0.3, -0.25) is 0 Å². The predicted molar refractivity (Wildman–Crippen MR) is 69.0 cm³/mol. The summed E-state index contributed by atoms with van der Waals surface area (Å²) >= 11 is 1.29. The molecule has 0 atom stereocenters. The van der Waals surface area contributed by atoms with E-state index in [1.165, 1.54) is 17.6 Å². The molecule has 2 heterocycles. The van der Waals surface area contributed by atoms with Crippen molar-refractivity contribution in [2.75, 3.05) is 0 Å². The second-order valence-corrected chi connectivity index (χ2v) is 6.92. The Kier molecular flexibility index (Phi) is 3.84. The molecule has 0 fully saturated rings. The van der Waals surface area contributed by atoms with Gasteiger partial charge in [-0.1, -0.05) is 6.92 Å². The van der Waals surface area contributed by atoms with Gasteiger partial charge in [0, 0.05) is 11.8 Å². The minimum Gasteiger partial charge on any atom is -0.449 e. The molecule has 1 N–H and O–H groups in total. The molecule has 98 valence electrons. The molecule has 0 saturated heterocycles. The van der Waals surface area contributed by atoms with Crippen LogP contribution in [0.2, 0.25) is 0 Å². The first-order valence-corrected chi connectivity index (χ1v) is 7.80. The highest BCUT2D eigenvalue weighted by atomic mass is 32.2. The van der Waals surface area contributed by atoms with E-state index in [1.54, 1.807) is 13.0 Å². The SMILES string of the molecule is CCc1ccc(S(=O)(=O)NCc2coc(C)n2)s1. The lowest BCUT2D eigenvalue weighted by Crippen LogP contribution is -2.22. The van der Waals surface area contributed by atoms with Crippen LogP contribution in [0, 0.1) is 6.92 Å². The smallest absolute Gasteiger partial charge is 0.250 e. The lowest BCUT2D eigenvalue weighted by Gasteiger charge is -2.01. The largest absolute Gasteiger partial charge is 0.449 e. The fourth-order valence-electron chi connectivity index (χ4n) is 1.42. The molecule has 0 amide bonds. The molecule has 2 rings (SSSR count). The number of aromatic nitrogens is 1. The Morgan fingerprint density at radius 1 is 1.44 bits per heavy atom. The molecule has 0 unspecified atom stereocenters. The van der Waals surface area contributed by atoms with Gasteiger partial charge in [0.1, 0.15) is 10.5 Å². The Hall–Kier alpha value is -1.18. The van der Waals surface area contributed by atoms with E-state index >= 15 is 0 Å². The third kappa shape index (κ3) is 2.98. The van der Waals surface area contributed by atoms with E-state index in [9.17, 15) is 8.42 Å². The first kappa shape index (κ1) is 13.3. The van der Waals surface area contributed by atoms with E-state index in [2.05, 4.69) is 9.71 Å². The Morgan fingerprint density at radius 3 is 2.78 bits per heavy atom. The fraction of sp³-hybridized carbons (Fsp3) is 0.364. The number of aryl methyl sites for hydroxylation is 2. The van der Waals surface area contributed by atoms with Crippen LogP contribution in [0.4, 0.5) is 0 Å². The number of rotatable bonds is 5. The molecule has 5 nitrogen and oxygen atoms in total. The summed E-state index contributed by atoms with van der Waals surface area (Å²) < 4.78 is 31.8. The number of hydrogen-bond donors (Lipinski definition) is 1. The van der Waals surface area contributed by atoms with E-state index in [4.69, 9.17) is 4.42 Å². The quantitative estimate of drug-likeness (QED) is 0.913. The minimum absolute atomic E-state index is 0.138. The molecule has 2 aromatic rings. The highest BCUT2D eigenvalue weighted by Gasteiger charge is 2.16. The maximum atomic E-state index is 12.0. The highest BCUT2D eigenvalue weighted by Crippen LogP contribution is 2.21. The standard InChI is InChI=1S/C11H14N2O3S2/c1-3-10-4-5-11(17-10)18(14,15)12-6-9-7-16-8(2)13-9/h4-5,7,12H,3,6H2,1-2H3. The Balaban J connectivity index is 2.07. The van der Waals surface area contributed by atoms with Crippen molar-refractivity contribution in [3.63, 3.8) is 0 Å². The summed E-state index contributed by atoms with van der Waals surface area (Å²) in [7, 11) is -3.45. The molecule has 0 radical (unpaired) electrons. The lowest BCUT2D eigenvalue weighted by atomic mass is 10.4.